The summed E-state index contributed by atoms with van der Waals surface area (Å²) in [7, 11) is 0. The van der Waals surface area contributed by atoms with E-state index in [0.717, 1.165) is 19.6 Å². The summed E-state index contributed by atoms with van der Waals surface area (Å²) in [6.45, 7) is 6.39. The van der Waals surface area contributed by atoms with Gasteiger partial charge in [-0.1, -0.05) is 19.8 Å². The maximum Gasteiger partial charge on any atom is 0.0230 e. The molecule has 0 aromatic rings. The van der Waals surface area contributed by atoms with Gasteiger partial charge in [-0.05, 0) is 13.0 Å². The van der Waals surface area contributed by atoms with Crippen LogP contribution < -0.4 is 0 Å². The van der Waals surface area contributed by atoms with Crippen LogP contribution in [0.15, 0.2) is 0 Å². The monoisotopic (exact) mass is 219 g/mol. The van der Waals surface area contributed by atoms with Crippen LogP contribution in [-0.4, -0.2) is 50.7 Å². The van der Waals surface area contributed by atoms with E-state index in [1.165, 1.54) is 23.6 Å². The molecule has 1 unspecified atom stereocenters. The summed E-state index contributed by atoms with van der Waals surface area (Å²) in [5.41, 5.74) is 0. The maximum atomic E-state index is 10.6. The van der Waals surface area contributed by atoms with Crippen LogP contribution in [0.5, 0.6) is 0 Å². The number of hydrogen-bond donors (Lipinski definition) is 0. The minimum absolute atomic E-state index is 0.655. The molecule has 0 saturated carbocycles. The first-order chi connectivity index (χ1) is 6.74. The van der Waals surface area contributed by atoms with Gasteiger partial charge in [0.15, 0.2) is 0 Å². The molecule has 0 spiro atoms. The first kappa shape index (κ1) is 12.1. The molecule has 0 aliphatic carbocycles. The highest BCUT2D eigenvalue weighted by atomic mass is 32.2. The standard InChI is InChI=1S/C9H20N2O2S/c1-2-3-4-5-10-6-8-11(9-7-10)14(12)13/h2-9H2,1H3,(H,12,13)/p-1. The van der Waals surface area contributed by atoms with Gasteiger partial charge in [-0.3, -0.25) is 4.21 Å². The highest BCUT2D eigenvalue weighted by molar-refractivity contribution is 7.76. The Morgan fingerprint density at radius 1 is 1.21 bits per heavy atom. The molecule has 1 atom stereocenters. The van der Waals surface area contributed by atoms with Crippen molar-refractivity contribution in [3.05, 3.63) is 0 Å². The number of unbranched alkanes of at least 4 members (excludes halogenated alkanes) is 2. The molecule has 1 rings (SSSR count). The molecule has 14 heavy (non-hydrogen) atoms. The van der Waals surface area contributed by atoms with E-state index in [2.05, 4.69) is 11.8 Å². The molecule has 0 bridgehead atoms. The zero-order chi connectivity index (χ0) is 10.4. The lowest BCUT2D eigenvalue weighted by Gasteiger charge is -2.35. The number of rotatable bonds is 5. The fourth-order valence-corrected chi connectivity index (χ4v) is 2.15. The summed E-state index contributed by atoms with van der Waals surface area (Å²) in [5.74, 6) is 0. The van der Waals surface area contributed by atoms with Crippen LogP contribution >= 0.6 is 0 Å². The Labute approximate surface area is 88.7 Å². The van der Waals surface area contributed by atoms with Gasteiger partial charge in [0.1, 0.15) is 0 Å². The van der Waals surface area contributed by atoms with Gasteiger partial charge in [-0.25, -0.2) is 4.31 Å². The predicted molar refractivity (Wildman–Crippen MR) is 56.5 cm³/mol. The average molecular weight is 219 g/mol. The second-order valence-corrected chi connectivity index (χ2v) is 4.65. The summed E-state index contributed by atoms with van der Waals surface area (Å²) < 4.78 is 22.8. The molecular weight excluding hydrogens is 200 g/mol. The predicted octanol–water partition coefficient (Wildman–Crippen LogP) is 0.588. The van der Waals surface area contributed by atoms with Crippen molar-refractivity contribution < 1.29 is 8.76 Å². The van der Waals surface area contributed by atoms with E-state index < -0.39 is 11.3 Å². The van der Waals surface area contributed by atoms with Crippen molar-refractivity contribution in [1.82, 2.24) is 9.21 Å². The molecule has 84 valence electrons. The summed E-state index contributed by atoms with van der Waals surface area (Å²) in [6.07, 6.45) is 3.75. The SMILES string of the molecule is CCCCCN1CCN(S(=O)[O-])CC1. The molecule has 0 radical (unpaired) electrons. The van der Waals surface area contributed by atoms with Crippen molar-refractivity contribution in [1.29, 1.82) is 0 Å². The van der Waals surface area contributed by atoms with E-state index >= 15 is 0 Å². The van der Waals surface area contributed by atoms with Crippen LogP contribution in [-0.2, 0) is 11.3 Å². The van der Waals surface area contributed by atoms with Crippen LogP contribution in [0.4, 0.5) is 0 Å². The largest absolute Gasteiger partial charge is 0.760 e. The Balaban J connectivity index is 2.12. The van der Waals surface area contributed by atoms with E-state index in [9.17, 15) is 8.76 Å². The first-order valence-electron chi connectivity index (χ1n) is 5.30. The van der Waals surface area contributed by atoms with Crippen LogP contribution in [0.25, 0.3) is 0 Å². The molecule has 4 nitrogen and oxygen atoms in total. The molecule has 0 aromatic heterocycles. The lowest BCUT2D eigenvalue weighted by atomic mass is 10.2. The molecule has 0 N–H and O–H groups in total. The molecule has 5 heteroatoms. The Morgan fingerprint density at radius 3 is 2.36 bits per heavy atom. The molecule has 1 aliphatic rings. The summed E-state index contributed by atoms with van der Waals surface area (Å²) in [4.78, 5) is 2.35. The third-order valence-corrected chi connectivity index (χ3v) is 3.41. The fourth-order valence-electron chi connectivity index (χ4n) is 1.69. The van der Waals surface area contributed by atoms with E-state index in [4.69, 9.17) is 0 Å². The van der Waals surface area contributed by atoms with Gasteiger partial charge in [-0.2, -0.15) is 0 Å². The fraction of sp³-hybridized carbons (Fsp3) is 1.00. The third-order valence-electron chi connectivity index (χ3n) is 2.62. The van der Waals surface area contributed by atoms with E-state index in [1.807, 2.05) is 0 Å². The van der Waals surface area contributed by atoms with Crippen molar-refractivity contribution in [2.24, 2.45) is 0 Å². The molecule has 1 aliphatic heterocycles. The molecule has 1 saturated heterocycles. The van der Waals surface area contributed by atoms with E-state index in [1.54, 1.807) is 0 Å². The molecule has 1 heterocycles. The van der Waals surface area contributed by atoms with Crippen molar-refractivity contribution in [2.45, 2.75) is 26.2 Å². The first-order valence-corrected chi connectivity index (χ1v) is 6.34. The lowest BCUT2D eigenvalue weighted by Crippen LogP contribution is -2.46. The molecule has 1 fully saturated rings. The van der Waals surface area contributed by atoms with Gasteiger partial charge < -0.3 is 9.45 Å². The highest BCUT2D eigenvalue weighted by Crippen LogP contribution is 2.05. The van der Waals surface area contributed by atoms with Crippen LogP contribution in [0, 0.1) is 0 Å². The zero-order valence-electron chi connectivity index (χ0n) is 8.78. The normalized spacial score (nSPS) is 22.4. The Hall–Kier alpha value is 0.0300. The van der Waals surface area contributed by atoms with Gasteiger partial charge in [0.05, 0.1) is 0 Å². The second-order valence-electron chi connectivity index (χ2n) is 3.69. The van der Waals surface area contributed by atoms with Crippen molar-refractivity contribution >= 4 is 11.3 Å². The molecular formula is C9H19N2O2S-. The second kappa shape index (κ2) is 6.50. The van der Waals surface area contributed by atoms with Crippen molar-refractivity contribution in [2.75, 3.05) is 32.7 Å². The number of nitrogens with zero attached hydrogens (tertiary/aromatic N) is 2. The molecule has 0 aromatic carbocycles. The Kier molecular flexibility index (Phi) is 5.62. The van der Waals surface area contributed by atoms with E-state index in [-0.39, 0.29) is 0 Å². The number of hydrogen-bond acceptors (Lipinski definition) is 3. The number of piperazine rings is 1. The summed E-state index contributed by atoms with van der Waals surface area (Å²) >= 11 is -2.02. The quantitative estimate of drug-likeness (QED) is 0.502. The topological polar surface area (TPSA) is 46.6 Å². The third kappa shape index (κ3) is 4.04. The lowest BCUT2D eigenvalue weighted by molar-refractivity contribution is 0.183. The zero-order valence-corrected chi connectivity index (χ0v) is 9.59. The van der Waals surface area contributed by atoms with Gasteiger partial charge in [-0.15, -0.1) is 0 Å². The minimum Gasteiger partial charge on any atom is -0.760 e. The van der Waals surface area contributed by atoms with Crippen LogP contribution in [0.1, 0.15) is 26.2 Å². The average Bonchev–Trinajstić information content (AvgIpc) is 2.19. The summed E-state index contributed by atoms with van der Waals surface area (Å²) in [6, 6.07) is 0. The van der Waals surface area contributed by atoms with Gasteiger partial charge >= 0.3 is 0 Å². The smallest absolute Gasteiger partial charge is 0.0230 e. The van der Waals surface area contributed by atoms with E-state index in [0.29, 0.717) is 13.1 Å². The maximum absolute atomic E-state index is 10.6. The highest BCUT2D eigenvalue weighted by Gasteiger charge is 2.16. The van der Waals surface area contributed by atoms with Gasteiger partial charge in [0.25, 0.3) is 0 Å². The summed E-state index contributed by atoms with van der Waals surface area (Å²) in [5, 5.41) is 0. The van der Waals surface area contributed by atoms with Crippen LogP contribution in [0.2, 0.25) is 0 Å². The van der Waals surface area contributed by atoms with Crippen LogP contribution in [0.3, 0.4) is 0 Å². The van der Waals surface area contributed by atoms with Gasteiger partial charge in [0, 0.05) is 37.4 Å². The van der Waals surface area contributed by atoms with Crippen molar-refractivity contribution in [3.8, 4) is 0 Å². The minimum atomic E-state index is -2.02. The van der Waals surface area contributed by atoms with Crippen molar-refractivity contribution in [3.63, 3.8) is 0 Å². The molecule has 0 amide bonds. The Bertz CT molecular complexity index is 182. The van der Waals surface area contributed by atoms with Gasteiger partial charge in [0.2, 0.25) is 0 Å². The Morgan fingerprint density at radius 2 is 1.86 bits per heavy atom.